The Morgan fingerprint density at radius 3 is 2.50 bits per heavy atom. The van der Waals surface area contributed by atoms with E-state index in [2.05, 4.69) is 0 Å². The average molecular weight is 265 g/mol. The maximum atomic E-state index is 11.7. The molecule has 0 aliphatic carbocycles. The predicted molar refractivity (Wildman–Crippen MR) is 68.3 cm³/mol. The van der Waals surface area contributed by atoms with Crippen LogP contribution < -0.4 is 0 Å². The lowest BCUT2D eigenvalue weighted by atomic mass is 9.84. The molecule has 0 fully saturated rings. The van der Waals surface area contributed by atoms with E-state index in [1.807, 2.05) is 12.1 Å². The number of halogens is 1. The second kappa shape index (κ2) is 4.94. The molecule has 1 atom stereocenters. The van der Waals surface area contributed by atoms with Crippen molar-refractivity contribution < 1.29 is 14.3 Å². The lowest BCUT2D eigenvalue weighted by Crippen LogP contribution is -2.23. The van der Waals surface area contributed by atoms with E-state index >= 15 is 0 Å². The Kier molecular flexibility index (Phi) is 3.53. The standard InChI is InChI=1S/C14H13ClO3/c1-8(16)14-9(2)18-13(17)7-12(14)10-3-5-11(15)6-4-10/h3-6,12H,7H2,1-2H3. The minimum Gasteiger partial charge on any atom is -0.431 e. The smallest absolute Gasteiger partial charge is 0.311 e. The number of ether oxygens (including phenoxy) is 1. The minimum atomic E-state index is -0.308. The average Bonchev–Trinajstić information content (AvgIpc) is 2.28. The zero-order valence-corrected chi connectivity index (χ0v) is 11.0. The van der Waals surface area contributed by atoms with Crippen LogP contribution in [0.4, 0.5) is 0 Å². The molecule has 0 N–H and O–H groups in total. The Labute approximate surface area is 110 Å². The van der Waals surface area contributed by atoms with E-state index in [0.29, 0.717) is 16.4 Å². The van der Waals surface area contributed by atoms with Crippen molar-refractivity contribution in [2.45, 2.75) is 26.2 Å². The van der Waals surface area contributed by atoms with E-state index in [1.54, 1.807) is 19.1 Å². The summed E-state index contributed by atoms with van der Waals surface area (Å²) in [6, 6.07) is 7.18. The zero-order chi connectivity index (χ0) is 13.3. The van der Waals surface area contributed by atoms with Gasteiger partial charge in [-0.1, -0.05) is 23.7 Å². The first kappa shape index (κ1) is 12.8. The van der Waals surface area contributed by atoms with Crippen LogP contribution in [-0.2, 0) is 14.3 Å². The van der Waals surface area contributed by atoms with Crippen molar-refractivity contribution in [3.05, 3.63) is 46.2 Å². The van der Waals surface area contributed by atoms with Crippen LogP contribution in [-0.4, -0.2) is 11.8 Å². The Hall–Kier alpha value is -1.61. The molecule has 0 saturated heterocycles. The van der Waals surface area contributed by atoms with Crippen molar-refractivity contribution in [3.8, 4) is 0 Å². The zero-order valence-electron chi connectivity index (χ0n) is 10.2. The van der Waals surface area contributed by atoms with Gasteiger partial charge in [-0.25, -0.2) is 0 Å². The highest BCUT2D eigenvalue weighted by atomic mass is 35.5. The molecule has 0 amide bonds. The number of carbonyl (C=O) groups is 2. The van der Waals surface area contributed by atoms with Gasteiger partial charge in [-0.05, 0) is 31.5 Å². The van der Waals surface area contributed by atoms with E-state index in [0.717, 1.165) is 5.56 Å². The van der Waals surface area contributed by atoms with E-state index in [1.165, 1.54) is 6.92 Å². The van der Waals surface area contributed by atoms with Crippen molar-refractivity contribution in [1.82, 2.24) is 0 Å². The summed E-state index contributed by atoms with van der Waals surface area (Å²) in [4.78, 5) is 23.2. The normalized spacial score (nSPS) is 19.7. The summed E-state index contributed by atoms with van der Waals surface area (Å²) in [6.07, 6.45) is 0.188. The third kappa shape index (κ3) is 2.46. The quantitative estimate of drug-likeness (QED) is 0.770. The maximum Gasteiger partial charge on any atom is 0.311 e. The van der Waals surface area contributed by atoms with E-state index in [4.69, 9.17) is 16.3 Å². The second-order valence-electron chi connectivity index (χ2n) is 4.31. The van der Waals surface area contributed by atoms with Crippen LogP contribution in [0.1, 0.15) is 31.7 Å². The van der Waals surface area contributed by atoms with Gasteiger partial charge < -0.3 is 4.74 Å². The number of hydrogen-bond donors (Lipinski definition) is 0. The highest BCUT2D eigenvalue weighted by Gasteiger charge is 2.31. The molecule has 1 heterocycles. The molecule has 2 rings (SSSR count). The monoisotopic (exact) mass is 264 g/mol. The summed E-state index contributed by atoms with van der Waals surface area (Å²) in [5.74, 6) is -0.211. The number of hydrogen-bond acceptors (Lipinski definition) is 3. The largest absolute Gasteiger partial charge is 0.431 e. The third-order valence-electron chi connectivity index (χ3n) is 3.02. The lowest BCUT2D eigenvalue weighted by molar-refractivity contribution is -0.141. The summed E-state index contributed by atoms with van der Waals surface area (Å²) in [5.41, 5.74) is 1.47. The van der Waals surface area contributed by atoms with Crippen molar-refractivity contribution in [2.75, 3.05) is 0 Å². The molecule has 0 saturated carbocycles. The first-order valence-electron chi connectivity index (χ1n) is 5.67. The molecule has 1 aromatic rings. The molecule has 3 nitrogen and oxygen atoms in total. The Bertz CT molecular complexity index is 528. The SMILES string of the molecule is CC(=O)C1=C(C)OC(=O)CC1c1ccc(Cl)cc1. The molecule has 18 heavy (non-hydrogen) atoms. The minimum absolute atomic E-state index is 0.0695. The first-order chi connectivity index (χ1) is 8.49. The highest BCUT2D eigenvalue weighted by Crippen LogP contribution is 2.35. The van der Waals surface area contributed by atoms with Gasteiger partial charge in [0.15, 0.2) is 5.78 Å². The number of ketones is 1. The molecule has 0 spiro atoms. The van der Waals surface area contributed by atoms with Crippen molar-refractivity contribution in [1.29, 1.82) is 0 Å². The van der Waals surface area contributed by atoms with Crippen LogP contribution in [0.15, 0.2) is 35.6 Å². The summed E-state index contributed by atoms with van der Waals surface area (Å²) in [7, 11) is 0. The van der Waals surface area contributed by atoms with Gasteiger partial charge in [-0.3, -0.25) is 9.59 Å². The summed E-state index contributed by atoms with van der Waals surface area (Å²) in [5, 5.41) is 0.627. The number of allylic oxidation sites excluding steroid dienone is 2. The van der Waals surface area contributed by atoms with Crippen molar-refractivity contribution in [3.63, 3.8) is 0 Å². The summed E-state index contributed by atoms with van der Waals surface area (Å²) in [6.45, 7) is 3.14. The van der Waals surface area contributed by atoms with Gasteiger partial charge in [0.05, 0.1) is 6.42 Å². The van der Waals surface area contributed by atoms with Gasteiger partial charge in [0.2, 0.25) is 0 Å². The number of benzene rings is 1. The molecular weight excluding hydrogens is 252 g/mol. The Morgan fingerprint density at radius 2 is 1.94 bits per heavy atom. The summed E-state index contributed by atoms with van der Waals surface area (Å²) < 4.78 is 5.03. The molecule has 0 bridgehead atoms. The first-order valence-corrected chi connectivity index (χ1v) is 6.04. The molecule has 0 aromatic heterocycles. The Morgan fingerprint density at radius 1 is 1.33 bits per heavy atom. The molecule has 4 heteroatoms. The van der Waals surface area contributed by atoms with Crippen LogP contribution in [0.5, 0.6) is 0 Å². The highest BCUT2D eigenvalue weighted by molar-refractivity contribution is 6.30. The van der Waals surface area contributed by atoms with Gasteiger partial charge in [0, 0.05) is 16.5 Å². The number of esters is 1. The Balaban J connectivity index is 2.46. The van der Waals surface area contributed by atoms with E-state index in [-0.39, 0.29) is 24.1 Å². The van der Waals surface area contributed by atoms with E-state index in [9.17, 15) is 9.59 Å². The van der Waals surface area contributed by atoms with Gasteiger partial charge in [-0.15, -0.1) is 0 Å². The van der Waals surface area contributed by atoms with Crippen molar-refractivity contribution in [2.24, 2.45) is 0 Å². The predicted octanol–water partition coefficient (Wildman–Crippen LogP) is 3.23. The maximum absolute atomic E-state index is 11.7. The molecule has 1 aromatic carbocycles. The van der Waals surface area contributed by atoms with Crippen molar-refractivity contribution >= 4 is 23.4 Å². The molecule has 1 aliphatic heterocycles. The fraction of sp³-hybridized carbons (Fsp3) is 0.286. The number of cyclic esters (lactones) is 1. The summed E-state index contributed by atoms with van der Waals surface area (Å²) >= 11 is 5.84. The van der Waals surface area contributed by atoms with Crippen LogP contribution >= 0.6 is 11.6 Å². The van der Waals surface area contributed by atoms with Crippen LogP contribution in [0.25, 0.3) is 0 Å². The third-order valence-corrected chi connectivity index (χ3v) is 3.27. The van der Waals surface area contributed by atoms with Gasteiger partial charge in [0.1, 0.15) is 5.76 Å². The fourth-order valence-corrected chi connectivity index (χ4v) is 2.38. The van der Waals surface area contributed by atoms with Crippen LogP contribution in [0.2, 0.25) is 5.02 Å². The number of carbonyl (C=O) groups excluding carboxylic acids is 2. The van der Waals surface area contributed by atoms with Crippen LogP contribution in [0.3, 0.4) is 0 Å². The molecule has 1 aliphatic rings. The lowest BCUT2D eigenvalue weighted by Gasteiger charge is -2.25. The topological polar surface area (TPSA) is 43.4 Å². The van der Waals surface area contributed by atoms with Gasteiger partial charge in [-0.2, -0.15) is 0 Å². The van der Waals surface area contributed by atoms with Gasteiger partial charge in [0.25, 0.3) is 0 Å². The van der Waals surface area contributed by atoms with Crippen LogP contribution in [0, 0.1) is 0 Å². The van der Waals surface area contributed by atoms with E-state index < -0.39 is 0 Å². The molecule has 94 valence electrons. The number of rotatable bonds is 2. The number of Topliss-reactive ketones (excluding diaryl/α,β-unsaturated/α-hetero) is 1. The van der Waals surface area contributed by atoms with Gasteiger partial charge >= 0.3 is 5.97 Å². The molecular formula is C14H13ClO3. The molecule has 0 radical (unpaired) electrons. The second-order valence-corrected chi connectivity index (χ2v) is 4.74. The molecule has 1 unspecified atom stereocenters. The fourth-order valence-electron chi connectivity index (χ4n) is 2.25.